The molecule has 5 heteroatoms. The second kappa shape index (κ2) is 8.18. The SMILES string of the molecule is O=C(CCc1nc2ccccc2n1-c1ccccc1)NCCc1cccs1. The minimum atomic E-state index is 0.0678. The quantitative estimate of drug-likeness (QED) is 0.521. The van der Waals surface area contributed by atoms with Crippen molar-refractivity contribution >= 4 is 28.3 Å². The Labute approximate surface area is 162 Å². The average molecular weight is 375 g/mol. The number of thiophene rings is 1. The van der Waals surface area contributed by atoms with E-state index in [0.717, 1.165) is 29.0 Å². The first kappa shape index (κ1) is 17.5. The van der Waals surface area contributed by atoms with Crippen molar-refractivity contribution in [2.45, 2.75) is 19.3 Å². The molecule has 4 aromatic rings. The third-order valence-electron chi connectivity index (χ3n) is 4.49. The number of para-hydroxylation sites is 3. The molecule has 4 nitrogen and oxygen atoms in total. The minimum absolute atomic E-state index is 0.0678. The van der Waals surface area contributed by atoms with Gasteiger partial charge in [-0.05, 0) is 42.1 Å². The van der Waals surface area contributed by atoms with Crippen LogP contribution in [0.2, 0.25) is 0 Å². The van der Waals surface area contributed by atoms with Gasteiger partial charge in [0.1, 0.15) is 5.82 Å². The van der Waals surface area contributed by atoms with Gasteiger partial charge < -0.3 is 5.32 Å². The maximum atomic E-state index is 12.3. The van der Waals surface area contributed by atoms with Crippen LogP contribution in [0.3, 0.4) is 0 Å². The van der Waals surface area contributed by atoms with Crippen LogP contribution < -0.4 is 5.32 Å². The van der Waals surface area contributed by atoms with Crippen molar-refractivity contribution in [3.05, 3.63) is 82.8 Å². The number of hydrogen-bond acceptors (Lipinski definition) is 3. The number of nitrogens with one attached hydrogen (secondary N) is 1. The highest BCUT2D eigenvalue weighted by Gasteiger charge is 2.13. The van der Waals surface area contributed by atoms with Crippen LogP contribution in [-0.2, 0) is 17.6 Å². The third kappa shape index (κ3) is 4.09. The van der Waals surface area contributed by atoms with E-state index in [1.54, 1.807) is 11.3 Å². The number of rotatable bonds is 7. The van der Waals surface area contributed by atoms with Crippen molar-refractivity contribution in [2.75, 3.05) is 6.54 Å². The molecule has 2 aromatic carbocycles. The van der Waals surface area contributed by atoms with Gasteiger partial charge in [0.25, 0.3) is 0 Å². The number of amides is 1. The molecule has 2 heterocycles. The Kier molecular flexibility index (Phi) is 5.30. The van der Waals surface area contributed by atoms with Crippen molar-refractivity contribution in [3.63, 3.8) is 0 Å². The molecule has 0 saturated heterocycles. The number of aromatic nitrogens is 2. The van der Waals surface area contributed by atoms with Gasteiger partial charge in [-0.15, -0.1) is 11.3 Å². The van der Waals surface area contributed by atoms with Gasteiger partial charge in [0.05, 0.1) is 11.0 Å². The summed E-state index contributed by atoms with van der Waals surface area (Å²) in [5.41, 5.74) is 3.09. The number of fused-ring (bicyclic) bond motifs is 1. The van der Waals surface area contributed by atoms with Gasteiger partial charge in [-0.2, -0.15) is 0 Å². The number of imidazole rings is 1. The molecule has 0 spiro atoms. The van der Waals surface area contributed by atoms with E-state index in [-0.39, 0.29) is 5.91 Å². The minimum Gasteiger partial charge on any atom is -0.356 e. The molecule has 0 aliphatic carbocycles. The standard InChI is InChI=1S/C22H21N3OS/c26-22(23-15-14-18-9-6-16-27-18)13-12-21-24-19-10-4-5-11-20(19)25(21)17-7-2-1-3-8-17/h1-11,16H,12-15H2,(H,23,26). The lowest BCUT2D eigenvalue weighted by atomic mass is 10.2. The fourth-order valence-corrected chi connectivity index (χ4v) is 3.91. The molecule has 0 bridgehead atoms. The summed E-state index contributed by atoms with van der Waals surface area (Å²) < 4.78 is 2.15. The van der Waals surface area contributed by atoms with Gasteiger partial charge in [0.2, 0.25) is 5.91 Å². The first-order valence-electron chi connectivity index (χ1n) is 9.12. The number of carbonyl (C=O) groups excluding carboxylic acids is 1. The highest BCUT2D eigenvalue weighted by Crippen LogP contribution is 2.22. The lowest BCUT2D eigenvalue weighted by Crippen LogP contribution is -2.26. The van der Waals surface area contributed by atoms with E-state index in [1.807, 2.05) is 42.5 Å². The van der Waals surface area contributed by atoms with Gasteiger partial charge >= 0.3 is 0 Å². The Morgan fingerprint density at radius 2 is 1.78 bits per heavy atom. The van der Waals surface area contributed by atoms with Gasteiger partial charge in [-0.1, -0.05) is 36.4 Å². The molecular formula is C22H21N3OS. The van der Waals surface area contributed by atoms with E-state index in [9.17, 15) is 4.79 Å². The number of aryl methyl sites for hydroxylation is 1. The molecule has 27 heavy (non-hydrogen) atoms. The summed E-state index contributed by atoms with van der Waals surface area (Å²) in [5.74, 6) is 0.981. The molecule has 0 unspecified atom stereocenters. The summed E-state index contributed by atoms with van der Waals surface area (Å²) in [6, 6.07) is 22.4. The van der Waals surface area contributed by atoms with Crippen LogP contribution in [0.5, 0.6) is 0 Å². The van der Waals surface area contributed by atoms with Crippen LogP contribution >= 0.6 is 11.3 Å². The third-order valence-corrected chi connectivity index (χ3v) is 5.43. The Bertz CT molecular complexity index is 1020. The molecule has 136 valence electrons. The van der Waals surface area contributed by atoms with Gasteiger partial charge in [0.15, 0.2) is 0 Å². The van der Waals surface area contributed by atoms with Crippen molar-refractivity contribution in [1.29, 1.82) is 0 Å². The number of carbonyl (C=O) groups is 1. The highest BCUT2D eigenvalue weighted by molar-refractivity contribution is 7.09. The second-order valence-corrected chi connectivity index (χ2v) is 7.40. The van der Waals surface area contributed by atoms with Crippen LogP contribution in [0.25, 0.3) is 16.7 Å². The Morgan fingerprint density at radius 3 is 2.59 bits per heavy atom. The summed E-state index contributed by atoms with van der Waals surface area (Å²) in [5, 5.41) is 5.08. The number of benzene rings is 2. The molecule has 2 aromatic heterocycles. The molecular weight excluding hydrogens is 354 g/mol. The summed E-state index contributed by atoms with van der Waals surface area (Å²) in [6.45, 7) is 0.675. The normalized spacial score (nSPS) is 11.0. The first-order valence-corrected chi connectivity index (χ1v) is 10.00. The number of nitrogens with zero attached hydrogens (tertiary/aromatic N) is 2. The summed E-state index contributed by atoms with van der Waals surface area (Å²) in [6.07, 6.45) is 1.92. The topological polar surface area (TPSA) is 46.9 Å². The summed E-state index contributed by atoms with van der Waals surface area (Å²) in [4.78, 5) is 18.3. The van der Waals surface area contributed by atoms with Crippen molar-refractivity contribution in [1.82, 2.24) is 14.9 Å². The molecule has 1 amide bonds. The molecule has 4 rings (SSSR count). The zero-order valence-electron chi connectivity index (χ0n) is 15.0. The predicted molar refractivity (Wildman–Crippen MR) is 110 cm³/mol. The molecule has 0 fully saturated rings. The van der Waals surface area contributed by atoms with Crippen LogP contribution in [0, 0.1) is 0 Å². The van der Waals surface area contributed by atoms with E-state index in [4.69, 9.17) is 4.98 Å². The average Bonchev–Trinajstić information content (AvgIpc) is 3.34. The molecule has 0 aliphatic rings. The highest BCUT2D eigenvalue weighted by atomic mass is 32.1. The zero-order valence-corrected chi connectivity index (χ0v) is 15.8. The molecule has 1 N–H and O–H groups in total. The lowest BCUT2D eigenvalue weighted by molar-refractivity contribution is -0.121. The zero-order chi connectivity index (χ0) is 18.5. The van der Waals surface area contributed by atoms with Crippen molar-refractivity contribution < 1.29 is 4.79 Å². The fraction of sp³-hybridized carbons (Fsp3) is 0.182. The van der Waals surface area contributed by atoms with Crippen molar-refractivity contribution in [2.24, 2.45) is 0 Å². The van der Waals surface area contributed by atoms with Crippen LogP contribution in [0.15, 0.2) is 72.1 Å². The first-order chi connectivity index (χ1) is 13.3. The van der Waals surface area contributed by atoms with E-state index in [2.05, 4.69) is 39.5 Å². The Morgan fingerprint density at radius 1 is 0.963 bits per heavy atom. The largest absolute Gasteiger partial charge is 0.356 e. The van der Waals surface area contributed by atoms with Crippen molar-refractivity contribution in [3.8, 4) is 5.69 Å². The monoisotopic (exact) mass is 375 g/mol. The maximum Gasteiger partial charge on any atom is 0.220 e. The second-order valence-electron chi connectivity index (χ2n) is 6.37. The molecule has 0 atom stereocenters. The van der Waals surface area contributed by atoms with Gasteiger partial charge in [0, 0.05) is 30.0 Å². The summed E-state index contributed by atoms with van der Waals surface area (Å²) in [7, 11) is 0. The van der Waals surface area contributed by atoms with E-state index in [0.29, 0.717) is 19.4 Å². The van der Waals surface area contributed by atoms with E-state index >= 15 is 0 Å². The van der Waals surface area contributed by atoms with Crippen LogP contribution in [0.1, 0.15) is 17.1 Å². The van der Waals surface area contributed by atoms with Crippen LogP contribution in [0.4, 0.5) is 0 Å². The Balaban J connectivity index is 1.46. The summed E-state index contributed by atoms with van der Waals surface area (Å²) >= 11 is 1.72. The predicted octanol–water partition coefficient (Wildman–Crippen LogP) is 4.38. The van der Waals surface area contributed by atoms with E-state index in [1.165, 1.54) is 4.88 Å². The molecule has 0 radical (unpaired) electrons. The van der Waals surface area contributed by atoms with Gasteiger partial charge in [-0.3, -0.25) is 9.36 Å². The number of hydrogen-bond donors (Lipinski definition) is 1. The fourth-order valence-electron chi connectivity index (χ4n) is 3.20. The van der Waals surface area contributed by atoms with Crippen LogP contribution in [-0.4, -0.2) is 22.0 Å². The lowest BCUT2D eigenvalue weighted by Gasteiger charge is -2.09. The Hall–Kier alpha value is -2.92. The van der Waals surface area contributed by atoms with Gasteiger partial charge in [-0.25, -0.2) is 4.98 Å². The maximum absolute atomic E-state index is 12.3. The molecule has 0 saturated carbocycles. The smallest absolute Gasteiger partial charge is 0.220 e. The molecule has 0 aliphatic heterocycles. The van der Waals surface area contributed by atoms with E-state index < -0.39 is 0 Å².